The molecule has 0 unspecified atom stereocenters. The van der Waals surface area contributed by atoms with Crippen molar-refractivity contribution < 1.29 is 0 Å². The lowest BCUT2D eigenvalue weighted by atomic mass is 10.4. The standard InChI is InChI=1S/C7H2BrCl2N3/c8-4-2-1-3-5(12-4)6(9)13-7(10)11-3/h1-2H. The molecule has 2 aromatic heterocycles. The first-order valence-electron chi connectivity index (χ1n) is 3.32. The van der Waals surface area contributed by atoms with Crippen molar-refractivity contribution in [1.82, 2.24) is 15.0 Å². The first-order valence-corrected chi connectivity index (χ1v) is 4.87. The van der Waals surface area contributed by atoms with Crippen molar-refractivity contribution >= 4 is 50.2 Å². The van der Waals surface area contributed by atoms with E-state index < -0.39 is 0 Å². The van der Waals surface area contributed by atoms with Gasteiger partial charge in [-0.1, -0.05) is 11.6 Å². The maximum absolute atomic E-state index is 5.82. The first-order chi connectivity index (χ1) is 6.16. The van der Waals surface area contributed by atoms with Gasteiger partial charge in [0.2, 0.25) is 5.28 Å². The van der Waals surface area contributed by atoms with E-state index in [0.29, 0.717) is 15.6 Å². The van der Waals surface area contributed by atoms with Crippen molar-refractivity contribution in [3.63, 3.8) is 0 Å². The van der Waals surface area contributed by atoms with Crippen molar-refractivity contribution in [1.29, 1.82) is 0 Å². The van der Waals surface area contributed by atoms with Crippen molar-refractivity contribution in [3.05, 3.63) is 27.2 Å². The maximum Gasteiger partial charge on any atom is 0.224 e. The minimum Gasteiger partial charge on any atom is -0.236 e. The van der Waals surface area contributed by atoms with E-state index >= 15 is 0 Å². The number of fused-ring (bicyclic) bond motifs is 1. The Morgan fingerprint density at radius 3 is 2.62 bits per heavy atom. The lowest BCUT2D eigenvalue weighted by molar-refractivity contribution is 1.19. The van der Waals surface area contributed by atoms with Crippen molar-refractivity contribution in [2.45, 2.75) is 0 Å². The Kier molecular flexibility index (Phi) is 2.36. The molecule has 0 spiro atoms. The summed E-state index contributed by atoms with van der Waals surface area (Å²) in [5, 5.41) is 0.387. The Labute approximate surface area is 92.2 Å². The topological polar surface area (TPSA) is 38.7 Å². The van der Waals surface area contributed by atoms with Gasteiger partial charge in [0.25, 0.3) is 0 Å². The van der Waals surface area contributed by atoms with E-state index in [1.54, 1.807) is 12.1 Å². The van der Waals surface area contributed by atoms with Crippen LogP contribution in [-0.4, -0.2) is 15.0 Å². The third-order valence-electron chi connectivity index (χ3n) is 1.44. The second kappa shape index (κ2) is 3.36. The smallest absolute Gasteiger partial charge is 0.224 e. The summed E-state index contributed by atoms with van der Waals surface area (Å²) in [4.78, 5) is 11.9. The molecule has 3 nitrogen and oxygen atoms in total. The van der Waals surface area contributed by atoms with E-state index in [0.717, 1.165) is 0 Å². The zero-order valence-electron chi connectivity index (χ0n) is 6.13. The molecule has 2 heterocycles. The van der Waals surface area contributed by atoms with E-state index in [2.05, 4.69) is 30.9 Å². The van der Waals surface area contributed by atoms with Gasteiger partial charge in [-0.05, 0) is 39.7 Å². The lowest BCUT2D eigenvalue weighted by Gasteiger charge is -1.98. The second-order valence-corrected chi connectivity index (χ2v) is 3.79. The van der Waals surface area contributed by atoms with E-state index in [4.69, 9.17) is 23.2 Å². The van der Waals surface area contributed by atoms with Crippen LogP contribution in [0.1, 0.15) is 0 Å². The Morgan fingerprint density at radius 2 is 1.85 bits per heavy atom. The average molecular weight is 279 g/mol. The van der Waals surface area contributed by atoms with Crippen LogP contribution in [0, 0.1) is 0 Å². The molecule has 6 heteroatoms. The van der Waals surface area contributed by atoms with Crippen LogP contribution in [0.5, 0.6) is 0 Å². The van der Waals surface area contributed by atoms with Crippen LogP contribution in [0.4, 0.5) is 0 Å². The Balaban J connectivity index is 2.87. The summed E-state index contributed by atoms with van der Waals surface area (Å²) in [6.07, 6.45) is 0. The summed E-state index contributed by atoms with van der Waals surface area (Å²) in [5.41, 5.74) is 1.17. The van der Waals surface area contributed by atoms with Crippen molar-refractivity contribution in [2.24, 2.45) is 0 Å². The predicted octanol–water partition coefficient (Wildman–Crippen LogP) is 3.09. The number of halogens is 3. The Hall–Kier alpha value is -0.450. The third kappa shape index (κ3) is 1.75. The number of pyridine rings is 1. The van der Waals surface area contributed by atoms with Crippen LogP contribution in [0.2, 0.25) is 10.4 Å². The summed E-state index contributed by atoms with van der Waals surface area (Å²) in [6, 6.07) is 3.54. The Morgan fingerprint density at radius 1 is 1.08 bits per heavy atom. The van der Waals surface area contributed by atoms with Crippen molar-refractivity contribution in [2.75, 3.05) is 0 Å². The number of hydrogen-bond acceptors (Lipinski definition) is 3. The summed E-state index contributed by atoms with van der Waals surface area (Å²) >= 11 is 14.7. The SMILES string of the molecule is Clc1nc(Cl)c2nc(Br)ccc2n1. The van der Waals surface area contributed by atoms with Crippen LogP contribution in [0.15, 0.2) is 16.7 Å². The molecule has 0 amide bonds. The average Bonchev–Trinajstić information content (AvgIpc) is 2.06. The highest BCUT2D eigenvalue weighted by Crippen LogP contribution is 2.21. The fourth-order valence-electron chi connectivity index (χ4n) is 0.928. The molecule has 0 aliphatic carbocycles. The van der Waals surface area contributed by atoms with Gasteiger partial charge in [0, 0.05) is 0 Å². The highest BCUT2D eigenvalue weighted by atomic mass is 79.9. The lowest BCUT2D eigenvalue weighted by Crippen LogP contribution is -1.89. The highest BCUT2D eigenvalue weighted by molar-refractivity contribution is 9.10. The molecule has 0 atom stereocenters. The van der Waals surface area contributed by atoms with Gasteiger partial charge < -0.3 is 0 Å². The molecule has 0 N–H and O–H groups in total. The molecule has 0 saturated heterocycles. The second-order valence-electron chi connectivity index (χ2n) is 2.29. The monoisotopic (exact) mass is 277 g/mol. The molecule has 0 aliphatic rings. The van der Waals surface area contributed by atoms with E-state index in [1.165, 1.54) is 0 Å². The fourth-order valence-corrected chi connectivity index (χ4v) is 1.68. The molecular formula is C7H2BrCl2N3. The summed E-state index contributed by atoms with van der Waals surface area (Å²) in [5.74, 6) is 0. The van der Waals surface area contributed by atoms with Gasteiger partial charge in [-0.2, -0.15) is 0 Å². The molecule has 13 heavy (non-hydrogen) atoms. The zero-order valence-corrected chi connectivity index (χ0v) is 9.23. The van der Waals surface area contributed by atoms with Crippen LogP contribution < -0.4 is 0 Å². The molecule has 0 saturated carbocycles. The molecular weight excluding hydrogens is 277 g/mol. The minimum absolute atomic E-state index is 0.127. The number of hydrogen-bond donors (Lipinski definition) is 0. The number of rotatable bonds is 0. The summed E-state index contributed by atoms with van der Waals surface area (Å²) < 4.78 is 0.688. The number of nitrogens with zero attached hydrogens (tertiary/aromatic N) is 3. The molecule has 0 radical (unpaired) electrons. The van der Waals surface area contributed by atoms with Crippen molar-refractivity contribution in [3.8, 4) is 0 Å². The van der Waals surface area contributed by atoms with Crippen LogP contribution >= 0.6 is 39.1 Å². The van der Waals surface area contributed by atoms with E-state index in [-0.39, 0.29) is 10.4 Å². The van der Waals surface area contributed by atoms with Gasteiger partial charge in [0.15, 0.2) is 5.15 Å². The number of aromatic nitrogens is 3. The highest BCUT2D eigenvalue weighted by Gasteiger charge is 2.05. The van der Waals surface area contributed by atoms with Crippen LogP contribution in [0.25, 0.3) is 11.0 Å². The molecule has 2 rings (SSSR count). The first kappa shape index (κ1) is 9.12. The third-order valence-corrected chi connectivity index (χ3v) is 2.31. The van der Waals surface area contributed by atoms with E-state index in [9.17, 15) is 0 Å². The zero-order chi connectivity index (χ0) is 9.42. The van der Waals surface area contributed by atoms with Gasteiger partial charge in [0.1, 0.15) is 10.1 Å². The molecule has 66 valence electrons. The van der Waals surface area contributed by atoms with Gasteiger partial charge >= 0.3 is 0 Å². The molecule has 2 aromatic rings. The van der Waals surface area contributed by atoms with Gasteiger partial charge in [-0.3, -0.25) is 0 Å². The summed E-state index contributed by atoms with van der Waals surface area (Å²) in [7, 11) is 0. The van der Waals surface area contributed by atoms with Gasteiger partial charge in [-0.25, -0.2) is 15.0 Å². The fraction of sp³-hybridized carbons (Fsp3) is 0. The predicted molar refractivity (Wildman–Crippen MR) is 55.1 cm³/mol. The largest absolute Gasteiger partial charge is 0.236 e. The minimum atomic E-state index is 0.127. The van der Waals surface area contributed by atoms with Gasteiger partial charge in [0.05, 0.1) is 5.52 Å². The molecule has 0 aromatic carbocycles. The normalized spacial score (nSPS) is 10.7. The Bertz CT molecular complexity index is 474. The van der Waals surface area contributed by atoms with Crippen LogP contribution in [-0.2, 0) is 0 Å². The van der Waals surface area contributed by atoms with Crippen LogP contribution in [0.3, 0.4) is 0 Å². The van der Waals surface area contributed by atoms with Gasteiger partial charge in [-0.15, -0.1) is 0 Å². The maximum atomic E-state index is 5.82. The van der Waals surface area contributed by atoms with E-state index in [1.807, 2.05) is 0 Å². The quantitative estimate of drug-likeness (QED) is 0.422. The molecule has 0 fully saturated rings. The molecule has 0 bridgehead atoms. The summed E-state index contributed by atoms with van der Waals surface area (Å²) in [6.45, 7) is 0. The molecule has 0 aliphatic heterocycles.